The van der Waals surface area contributed by atoms with Crippen LogP contribution in [0.15, 0.2) is 53.1 Å². The lowest BCUT2D eigenvalue weighted by atomic mass is 10.2. The van der Waals surface area contributed by atoms with Crippen LogP contribution in [-0.2, 0) is 11.2 Å². The van der Waals surface area contributed by atoms with Crippen molar-refractivity contribution in [2.24, 2.45) is 0 Å². The second-order valence-electron chi connectivity index (χ2n) is 5.10. The van der Waals surface area contributed by atoms with Gasteiger partial charge in [0.1, 0.15) is 5.65 Å². The van der Waals surface area contributed by atoms with Gasteiger partial charge >= 0.3 is 0 Å². The molecule has 0 fully saturated rings. The molecule has 0 radical (unpaired) electrons. The molecule has 0 unspecified atom stereocenters. The zero-order valence-corrected chi connectivity index (χ0v) is 13.8. The maximum Gasteiger partial charge on any atom is 0.224 e. The van der Waals surface area contributed by atoms with Gasteiger partial charge in [-0.2, -0.15) is 0 Å². The van der Waals surface area contributed by atoms with Crippen molar-refractivity contribution in [2.45, 2.75) is 19.8 Å². The molecule has 3 rings (SSSR count). The van der Waals surface area contributed by atoms with E-state index >= 15 is 0 Å². The molecule has 1 amide bonds. The molecule has 2 aromatic heterocycles. The Bertz CT molecular complexity index is 826. The van der Waals surface area contributed by atoms with Gasteiger partial charge in [-0.15, -0.1) is 0 Å². The Morgan fingerprint density at radius 2 is 2.00 bits per heavy atom. The van der Waals surface area contributed by atoms with Crippen molar-refractivity contribution in [3.8, 4) is 0 Å². The van der Waals surface area contributed by atoms with Crippen molar-refractivity contribution in [1.29, 1.82) is 0 Å². The highest BCUT2D eigenvalue weighted by Crippen LogP contribution is 2.21. The number of carbonyl (C=O) groups is 1. The van der Waals surface area contributed by atoms with Crippen LogP contribution in [0.3, 0.4) is 0 Å². The third kappa shape index (κ3) is 3.04. The zero-order valence-electron chi connectivity index (χ0n) is 12.2. The Balaban J connectivity index is 1.70. The molecule has 0 aliphatic rings. The highest BCUT2D eigenvalue weighted by molar-refractivity contribution is 9.10. The lowest BCUT2D eigenvalue weighted by molar-refractivity contribution is -0.116. The van der Waals surface area contributed by atoms with Crippen LogP contribution in [0, 0.1) is 6.92 Å². The largest absolute Gasteiger partial charge is 0.325 e. The number of hydrogen-bond donors (Lipinski definition) is 1. The summed E-state index contributed by atoms with van der Waals surface area (Å²) in [4.78, 5) is 16.7. The number of anilines is 1. The van der Waals surface area contributed by atoms with Crippen molar-refractivity contribution < 1.29 is 4.79 Å². The summed E-state index contributed by atoms with van der Waals surface area (Å²) in [5, 5.41) is 2.92. The first-order chi connectivity index (χ1) is 10.6. The van der Waals surface area contributed by atoms with Crippen LogP contribution in [0.5, 0.6) is 0 Å². The number of benzene rings is 1. The molecular weight excluding hydrogens is 342 g/mol. The fraction of sp³-hybridized carbons (Fsp3) is 0.176. The highest BCUT2D eigenvalue weighted by atomic mass is 79.9. The zero-order chi connectivity index (χ0) is 15.5. The van der Waals surface area contributed by atoms with E-state index < -0.39 is 0 Å². The van der Waals surface area contributed by atoms with E-state index in [1.54, 1.807) is 0 Å². The van der Waals surface area contributed by atoms with Crippen LogP contribution in [0.25, 0.3) is 5.65 Å². The second-order valence-corrected chi connectivity index (χ2v) is 5.96. The molecule has 1 aromatic carbocycles. The predicted octanol–water partition coefficient (Wildman–Crippen LogP) is 3.98. The first kappa shape index (κ1) is 14.8. The number of aryl methyl sites for hydroxylation is 2. The van der Waals surface area contributed by atoms with Crippen LogP contribution >= 0.6 is 15.9 Å². The molecule has 22 heavy (non-hydrogen) atoms. The molecule has 0 atom stereocenters. The van der Waals surface area contributed by atoms with Gasteiger partial charge in [-0.3, -0.25) is 4.79 Å². The first-order valence-corrected chi connectivity index (χ1v) is 7.91. The van der Waals surface area contributed by atoms with Crippen LogP contribution in [-0.4, -0.2) is 15.3 Å². The molecule has 5 heteroatoms. The number of fused-ring (bicyclic) bond motifs is 1. The van der Waals surface area contributed by atoms with Gasteiger partial charge in [-0.05, 0) is 53.5 Å². The van der Waals surface area contributed by atoms with Gasteiger partial charge < -0.3 is 9.72 Å². The number of rotatable bonds is 4. The maximum absolute atomic E-state index is 12.1. The molecule has 0 aliphatic carbocycles. The molecular formula is C17H16BrN3O. The number of nitrogens with one attached hydrogen (secondary N) is 1. The highest BCUT2D eigenvalue weighted by Gasteiger charge is 2.11. The molecule has 0 spiro atoms. The number of aromatic nitrogens is 2. The third-order valence-corrected chi connectivity index (χ3v) is 4.26. The van der Waals surface area contributed by atoms with Gasteiger partial charge in [-0.25, -0.2) is 4.98 Å². The van der Waals surface area contributed by atoms with Crippen LogP contribution in [0.2, 0.25) is 0 Å². The summed E-state index contributed by atoms with van der Waals surface area (Å²) in [5.41, 5.74) is 3.77. The number of amides is 1. The monoisotopic (exact) mass is 357 g/mol. The summed E-state index contributed by atoms with van der Waals surface area (Å²) in [6, 6.07) is 13.5. The van der Waals surface area contributed by atoms with Gasteiger partial charge in [0.2, 0.25) is 5.91 Å². The van der Waals surface area contributed by atoms with Crippen LogP contribution < -0.4 is 5.32 Å². The predicted molar refractivity (Wildman–Crippen MR) is 91.0 cm³/mol. The van der Waals surface area contributed by atoms with Gasteiger partial charge in [0.15, 0.2) is 0 Å². The molecule has 0 saturated heterocycles. The molecule has 0 aliphatic heterocycles. The molecule has 3 aromatic rings. The number of hydrogen-bond acceptors (Lipinski definition) is 2. The van der Waals surface area contributed by atoms with Crippen molar-refractivity contribution >= 4 is 33.2 Å². The number of halogens is 1. The third-order valence-electron chi connectivity index (χ3n) is 3.57. The van der Waals surface area contributed by atoms with Gasteiger partial charge in [0, 0.05) is 22.8 Å². The number of carbonyl (C=O) groups excluding carboxylic acids is 1. The molecule has 0 bridgehead atoms. The summed E-state index contributed by atoms with van der Waals surface area (Å²) in [6.07, 6.45) is 3.06. The Kier molecular flexibility index (Phi) is 4.24. The Morgan fingerprint density at radius 3 is 2.82 bits per heavy atom. The van der Waals surface area contributed by atoms with Crippen molar-refractivity contribution in [3.63, 3.8) is 0 Å². The lowest BCUT2D eigenvalue weighted by Crippen LogP contribution is -2.13. The molecule has 4 nitrogen and oxygen atoms in total. The maximum atomic E-state index is 12.1. The van der Waals surface area contributed by atoms with Crippen LogP contribution in [0.4, 0.5) is 5.69 Å². The Hall–Kier alpha value is -2.14. The minimum Gasteiger partial charge on any atom is -0.325 e. The lowest BCUT2D eigenvalue weighted by Gasteiger charge is -2.07. The Morgan fingerprint density at radius 1 is 1.23 bits per heavy atom. The van der Waals surface area contributed by atoms with Crippen molar-refractivity contribution in [2.75, 3.05) is 5.32 Å². The summed E-state index contributed by atoms with van der Waals surface area (Å²) in [6.45, 7) is 1.98. The van der Waals surface area contributed by atoms with E-state index in [1.807, 2.05) is 60.0 Å². The van der Waals surface area contributed by atoms with E-state index in [1.165, 1.54) is 0 Å². The Labute approximate surface area is 137 Å². The average Bonchev–Trinajstić information content (AvgIpc) is 2.83. The normalized spacial score (nSPS) is 10.8. The number of pyridine rings is 1. The first-order valence-electron chi connectivity index (χ1n) is 7.12. The van der Waals surface area contributed by atoms with E-state index in [9.17, 15) is 4.79 Å². The topological polar surface area (TPSA) is 46.4 Å². The van der Waals surface area contributed by atoms with Crippen molar-refractivity contribution in [3.05, 3.63) is 64.5 Å². The average molecular weight is 358 g/mol. The molecule has 0 saturated carbocycles. The van der Waals surface area contributed by atoms with Gasteiger partial charge in [0.25, 0.3) is 0 Å². The number of para-hydroxylation sites is 1. The smallest absolute Gasteiger partial charge is 0.224 e. The number of imidazole rings is 1. The second kappa shape index (κ2) is 6.32. The van der Waals surface area contributed by atoms with Gasteiger partial charge in [0.05, 0.1) is 11.4 Å². The van der Waals surface area contributed by atoms with E-state index in [-0.39, 0.29) is 5.91 Å². The summed E-state index contributed by atoms with van der Waals surface area (Å²) in [7, 11) is 0. The SMILES string of the molecule is Cc1nc2ccccn2c1CCC(=O)Nc1ccccc1Br. The fourth-order valence-electron chi connectivity index (χ4n) is 2.47. The molecule has 2 heterocycles. The van der Waals surface area contributed by atoms with E-state index in [4.69, 9.17) is 0 Å². The van der Waals surface area contributed by atoms with Crippen molar-refractivity contribution in [1.82, 2.24) is 9.38 Å². The van der Waals surface area contributed by atoms with Crippen LogP contribution in [0.1, 0.15) is 17.8 Å². The molecule has 1 N–H and O–H groups in total. The van der Waals surface area contributed by atoms with E-state index in [2.05, 4.69) is 26.2 Å². The van der Waals surface area contributed by atoms with Gasteiger partial charge in [-0.1, -0.05) is 18.2 Å². The van der Waals surface area contributed by atoms with E-state index in [0.29, 0.717) is 12.8 Å². The minimum atomic E-state index is -0.00261. The summed E-state index contributed by atoms with van der Waals surface area (Å²) >= 11 is 3.43. The standard InChI is InChI=1S/C17H16BrN3O/c1-12-15(21-11-5-4-8-16(21)19-12)9-10-17(22)20-14-7-3-2-6-13(14)18/h2-8,11H,9-10H2,1H3,(H,20,22). The molecule has 112 valence electrons. The number of nitrogens with zero attached hydrogens (tertiary/aromatic N) is 2. The minimum absolute atomic E-state index is 0.00261. The summed E-state index contributed by atoms with van der Waals surface area (Å²) < 4.78 is 2.93. The van der Waals surface area contributed by atoms with E-state index in [0.717, 1.165) is 27.2 Å². The fourth-order valence-corrected chi connectivity index (χ4v) is 2.86. The summed E-state index contributed by atoms with van der Waals surface area (Å²) in [5.74, 6) is -0.00261. The quantitative estimate of drug-likeness (QED) is 0.767.